The van der Waals surface area contributed by atoms with E-state index in [-0.39, 0.29) is 0 Å². The van der Waals surface area contributed by atoms with Gasteiger partial charge < -0.3 is 10.1 Å². The lowest BCUT2D eigenvalue weighted by molar-refractivity contribution is 0.117. The minimum Gasteiger partial charge on any atom is -0.377 e. The topological polar surface area (TPSA) is 21.3 Å². The molecule has 0 bridgehead atoms. The molecular weight excluding hydrogens is 234 g/mol. The van der Waals surface area contributed by atoms with Crippen molar-refractivity contribution in [2.24, 2.45) is 0 Å². The number of nitrogens with one attached hydrogen (secondary N) is 1. The van der Waals surface area contributed by atoms with Gasteiger partial charge in [0.25, 0.3) is 0 Å². The van der Waals surface area contributed by atoms with Crippen LogP contribution in [0.25, 0.3) is 0 Å². The van der Waals surface area contributed by atoms with E-state index in [9.17, 15) is 0 Å². The zero-order valence-corrected chi connectivity index (χ0v) is 11.5. The first-order valence-corrected chi connectivity index (χ1v) is 6.62. The highest BCUT2D eigenvalue weighted by molar-refractivity contribution is 6.31. The highest BCUT2D eigenvalue weighted by Gasteiger charge is 1.98. The number of hydrogen-bond acceptors (Lipinski definition) is 2. The molecule has 0 unspecified atom stereocenters. The molecule has 0 atom stereocenters. The van der Waals surface area contributed by atoms with Crippen molar-refractivity contribution >= 4 is 11.6 Å². The van der Waals surface area contributed by atoms with Crippen molar-refractivity contribution in [2.45, 2.75) is 39.3 Å². The molecular formula is C14H22ClNO. The smallest absolute Gasteiger partial charge is 0.0731 e. The van der Waals surface area contributed by atoms with Crippen LogP contribution in [0.3, 0.4) is 0 Å². The molecule has 96 valence electrons. The van der Waals surface area contributed by atoms with Crippen LogP contribution in [0.1, 0.15) is 32.3 Å². The summed E-state index contributed by atoms with van der Waals surface area (Å²) in [6.45, 7) is 6.79. The Bertz CT molecular complexity index is 315. The van der Waals surface area contributed by atoms with Gasteiger partial charge in [-0.25, -0.2) is 0 Å². The van der Waals surface area contributed by atoms with Crippen LogP contribution in [0.5, 0.6) is 0 Å². The molecule has 3 heteroatoms. The maximum Gasteiger partial charge on any atom is 0.0731 e. The summed E-state index contributed by atoms with van der Waals surface area (Å²) in [7, 11) is 0. The zero-order chi connectivity index (χ0) is 12.5. The number of halogens is 1. The molecule has 0 aliphatic heterocycles. The van der Waals surface area contributed by atoms with Gasteiger partial charge in [0, 0.05) is 17.7 Å². The van der Waals surface area contributed by atoms with Gasteiger partial charge in [-0.2, -0.15) is 0 Å². The van der Waals surface area contributed by atoms with Gasteiger partial charge in [0.15, 0.2) is 0 Å². The zero-order valence-electron chi connectivity index (χ0n) is 10.7. The molecule has 0 saturated carbocycles. The largest absolute Gasteiger partial charge is 0.377 e. The Morgan fingerprint density at radius 3 is 2.71 bits per heavy atom. The van der Waals surface area contributed by atoms with Gasteiger partial charge in [-0.3, -0.25) is 0 Å². The van der Waals surface area contributed by atoms with Crippen LogP contribution in [-0.4, -0.2) is 19.2 Å². The van der Waals surface area contributed by atoms with E-state index in [4.69, 9.17) is 16.3 Å². The Labute approximate surface area is 109 Å². The summed E-state index contributed by atoms with van der Waals surface area (Å²) in [4.78, 5) is 0. The first-order chi connectivity index (χ1) is 8.20. The molecule has 0 aromatic heterocycles. The van der Waals surface area contributed by atoms with Gasteiger partial charge in [0.05, 0.1) is 6.61 Å². The standard InChI is InChI=1S/C14H22ClNO/c1-12(2)16-9-5-6-10-17-11-13-7-3-4-8-14(13)15/h3-4,7-8,12,16H,5-6,9-11H2,1-2H3. The van der Waals surface area contributed by atoms with Crippen LogP contribution >= 0.6 is 11.6 Å². The van der Waals surface area contributed by atoms with E-state index in [0.717, 1.165) is 36.6 Å². The quantitative estimate of drug-likeness (QED) is 0.717. The van der Waals surface area contributed by atoms with Crippen molar-refractivity contribution in [3.8, 4) is 0 Å². The normalized spacial score (nSPS) is 11.1. The first kappa shape index (κ1) is 14.5. The van der Waals surface area contributed by atoms with Gasteiger partial charge in [-0.15, -0.1) is 0 Å². The number of hydrogen-bond donors (Lipinski definition) is 1. The number of benzene rings is 1. The Hall–Kier alpha value is -0.570. The fourth-order valence-electron chi connectivity index (χ4n) is 1.52. The van der Waals surface area contributed by atoms with Gasteiger partial charge in [0.1, 0.15) is 0 Å². The maximum atomic E-state index is 6.03. The average molecular weight is 256 g/mol. The molecule has 0 amide bonds. The lowest BCUT2D eigenvalue weighted by Crippen LogP contribution is -2.23. The Balaban J connectivity index is 2.03. The van der Waals surface area contributed by atoms with Gasteiger partial charge in [-0.05, 0) is 31.0 Å². The maximum absolute atomic E-state index is 6.03. The number of ether oxygens (including phenoxy) is 1. The lowest BCUT2D eigenvalue weighted by Gasteiger charge is -2.08. The summed E-state index contributed by atoms with van der Waals surface area (Å²) in [5, 5.41) is 4.17. The van der Waals surface area contributed by atoms with Crippen molar-refractivity contribution < 1.29 is 4.74 Å². The van der Waals surface area contributed by atoms with Gasteiger partial charge >= 0.3 is 0 Å². The Morgan fingerprint density at radius 2 is 2.00 bits per heavy atom. The minimum absolute atomic E-state index is 0.569. The summed E-state index contributed by atoms with van der Waals surface area (Å²) >= 11 is 6.03. The molecule has 0 saturated heterocycles. The molecule has 0 fully saturated rings. The second-order valence-electron chi connectivity index (χ2n) is 4.46. The Morgan fingerprint density at radius 1 is 1.24 bits per heavy atom. The van der Waals surface area contributed by atoms with E-state index in [2.05, 4.69) is 19.2 Å². The summed E-state index contributed by atoms with van der Waals surface area (Å²) < 4.78 is 5.60. The lowest BCUT2D eigenvalue weighted by atomic mass is 10.2. The second-order valence-corrected chi connectivity index (χ2v) is 4.87. The third-order valence-corrected chi connectivity index (χ3v) is 2.85. The number of unbranched alkanes of at least 4 members (excludes halogenated alkanes) is 1. The third-order valence-electron chi connectivity index (χ3n) is 2.48. The highest BCUT2D eigenvalue weighted by atomic mass is 35.5. The predicted molar refractivity (Wildman–Crippen MR) is 73.5 cm³/mol. The van der Waals surface area contributed by atoms with E-state index >= 15 is 0 Å². The van der Waals surface area contributed by atoms with E-state index < -0.39 is 0 Å². The molecule has 0 aliphatic rings. The summed E-state index contributed by atoms with van der Waals surface area (Å²) in [6, 6.07) is 8.38. The van der Waals surface area contributed by atoms with Crippen LogP contribution in [0.15, 0.2) is 24.3 Å². The molecule has 17 heavy (non-hydrogen) atoms. The van der Waals surface area contributed by atoms with E-state index in [0.29, 0.717) is 12.6 Å². The molecule has 0 heterocycles. The fourth-order valence-corrected chi connectivity index (χ4v) is 1.71. The summed E-state index contributed by atoms with van der Waals surface area (Å²) in [5.41, 5.74) is 1.06. The molecule has 1 N–H and O–H groups in total. The van der Waals surface area contributed by atoms with Crippen LogP contribution in [0.2, 0.25) is 5.02 Å². The molecule has 0 radical (unpaired) electrons. The molecule has 1 aromatic rings. The average Bonchev–Trinajstić information content (AvgIpc) is 2.30. The van der Waals surface area contributed by atoms with Crippen LogP contribution < -0.4 is 5.32 Å². The summed E-state index contributed by atoms with van der Waals surface area (Å²) in [5.74, 6) is 0. The van der Waals surface area contributed by atoms with Gasteiger partial charge in [-0.1, -0.05) is 43.6 Å². The van der Waals surface area contributed by atoms with Crippen molar-refractivity contribution in [3.05, 3.63) is 34.9 Å². The monoisotopic (exact) mass is 255 g/mol. The van der Waals surface area contributed by atoms with E-state index in [1.807, 2.05) is 24.3 Å². The molecule has 1 aromatic carbocycles. The van der Waals surface area contributed by atoms with E-state index in [1.54, 1.807) is 0 Å². The fraction of sp³-hybridized carbons (Fsp3) is 0.571. The number of rotatable bonds is 8. The molecule has 0 aliphatic carbocycles. The molecule has 2 nitrogen and oxygen atoms in total. The van der Waals surface area contributed by atoms with Crippen LogP contribution in [-0.2, 0) is 11.3 Å². The SMILES string of the molecule is CC(C)NCCCCOCc1ccccc1Cl. The first-order valence-electron chi connectivity index (χ1n) is 6.24. The second kappa shape index (κ2) is 8.51. The third kappa shape index (κ3) is 6.67. The van der Waals surface area contributed by atoms with Crippen LogP contribution in [0.4, 0.5) is 0 Å². The van der Waals surface area contributed by atoms with E-state index in [1.165, 1.54) is 0 Å². The predicted octanol–water partition coefficient (Wildman–Crippen LogP) is 3.63. The Kier molecular flexibility index (Phi) is 7.25. The molecule has 0 spiro atoms. The van der Waals surface area contributed by atoms with Crippen molar-refractivity contribution in [3.63, 3.8) is 0 Å². The summed E-state index contributed by atoms with van der Waals surface area (Å²) in [6.07, 6.45) is 2.24. The molecule has 1 rings (SSSR count). The minimum atomic E-state index is 0.569. The van der Waals surface area contributed by atoms with Gasteiger partial charge in [0.2, 0.25) is 0 Å². The van der Waals surface area contributed by atoms with Crippen molar-refractivity contribution in [1.82, 2.24) is 5.32 Å². The van der Waals surface area contributed by atoms with Crippen molar-refractivity contribution in [2.75, 3.05) is 13.2 Å². The highest BCUT2D eigenvalue weighted by Crippen LogP contribution is 2.15. The van der Waals surface area contributed by atoms with Crippen molar-refractivity contribution in [1.29, 1.82) is 0 Å². The van der Waals surface area contributed by atoms with Crippen LogP contribution in [0, 0.1) is 0 Å².